The lowest BCUT2D eigenvalue weighted by atomic mass is 10.4. The van der Waals surface area contributed by atoms with Crippen molar-refractivity contribution >= 4 is 0 Å². The molecule has 0 aromatic heterocycles. The Morgan fingerprint density at radius 1 is 1.23 bits per heavy atom. The van der Waals surface area contributed by atoms with Crippen LogP contribution in [0.4, 0.5) is 22.0 Å². The van der Waals surface area contributed by atoms with Crippen LogP contribution in [-0.2, 0) is 9.47 Å². The SMILES string of the molecule is CC1OC1OC(F)(F)CC(F)(F)F. The maximum atomic E-state index is 12.4. The van der Waals surface area contributed by atoms with E-state index in [1.54, 1.807) is 0 Å². The van der Waals surface area contributed by atoms with E-state index in [9.17, 15) is 22.0 Å². The van der Waals surface area contributed by atoms with E-state index in [0.29, 0.717) is 0 Å². The Labute approximate surface area is 70.6 Å². The molecule has 0 radical (unpaired) electrons. The van der Waals surface area contributed by atoms with Crippen LogP contribution in [0.25, 0.3) is 0 Å². The van der Waals surface area contributed by atoms with E-state index in [0.717, 1.165) is 0 Å². The third kappa shape index (κ3) is 3.86. The molecule has 1 rings (SSSR count). The van der Waals surface area contributed by atoms with Gasteiger partial charge in [0, 0.05) is 0 Å². The lowest BCUT2D eigenvalue weighted by molar-refractivity contribution is -0.306. The summed E-state index contributed by atoms with van der Waals surface area (Å²) < 4.78 is 67.4. The number of hydrogen-bond acceptors (Lipinski definition) is 2. The van der Waals surface area contributed by atoms with Crippen LogP contribution >= 0.6 is 0 Å². The van der Waals surface area contributed by atoms with Gasteiger partial charge in [-0.1, -0.05) is 0 Å². The lowest BCUT2D eigenvalue weighted by Crippen LogP contribution is -2.30. The van der Waals surface area contributed by atoms with Gasteiger partial charge in [0.05, 0.1) is 0 Å². The molecule has 0 N–H and O–H groups in total. The highest BCUT2D eigenvalue weighted by atomic mass is 19.4. The monoisotopic (exact) mass is 206 g/mol. The topological polar surface area (TPSA) is 21.8 Å². The van der Waals surface area contributed by atoms with Gasteiger partial charge in [-0.2, -0.15) is 22.0 Å². The van der Waals surface area contributed by atoms with Gasteiger partial charge in [0.15, 0.2) is 6.29 Å². The second kappa shape index (κ2) is 3.06. The van der Waals surface area contributed by atoms with Crippen molar-refractivity contribution in [1.82, 2.24) is 0 Å². The zero-order valence-electron chi connectivity index (χ0n) is 6.57. The normalized spacial score (nSPS) is 29.1. The standard InChI is InChI=1S/C6H7F5O2/c1-3-4(12-3)13-6(10,11)2-5(7,8)9/h3-4H,2H2,1H3. The van der Waals surface area contributed by atoms with Crippen LogP contribution in [0.3, 0.4) is 0 Å². The Kier molecular flexibility index (Phi) is 2.50. The summed E-state index contributed by atoms with van der Waals surface area (Å²) in [6.07, 6.45) is -13.2. The average molecular weight is 206 g/mol. The molecular weight excluding hydrogens is 199 g/mol. The first-order chi connectivity index (χ1) is 5.70. The first kappa shape index (κ1) is 10.6. The van der Waals surface area contributed by atoms with Gasteiger partial charge in [0.25, 0.3) is 0 Å². The number of alkyl halides is 5. The molecule has 0 aliphatic carbocycles. The molecule has 0 aromatic rings. The van der Waals surface area contributed by atoms with Crippen molar-refractivity contribution < 1.29 is 31.4 Å². The molecule has 13 heavy (non-hydrogen) atoms. The van der Waals surface area contributed by atoms with Crippen molar-refractivity contribution in [1.29, 1.82) is 0 Å². The summed E-state index contributed by atoms with van der Waals surface area (Å²) in [4.78, 5) is 0. The van der Waals surface area contributed by atoms with E-state index in [1.165, 1.54) is 6.92 Å². The molecule has 2 atom stereocenters. The minimum atomic E-state index is -4.94. The Hall–Kier alpha value is -0.430. The quantitative estimate of drug-likeness (QED) is 0.522. The van der Waals surface area contributed by atoms with Crippen molar-refractivity contribution in [2.75, 3.05) is 0 Å². The number of rotatable bonds is 3. The maximum absolute atomic E-state index is 12.4. The second-order valence-electron chi connectivity index (χ2n) is 2.76. The molecule has 2 unspecified atom stereocenters. The minimum Gasteiger partial charge on any atom is -0.341 e. The molecule has 0 spiro atoms. The van der Waals surface area contributed by atoms with Crippen LogP contribution in [0.15, 0.2) is 0 Å². The highest BCUT2D eigenvalue weighted by Crippen LogP contribution is 2.37. The summed E-state index contributed by atoms with van der Waals surface area (Å²) in [6.45, 7) is 1.42. The average Bonchev–Trinajstić information content (AvgIpc) is 2.36. The summed E-state index contributed by atoms with van der Waals surface area (Å²) in [7, 11) is 0. The molecular formula is C6H7F5O2. The van der Waals surface area contributed by atoms with Crippen LogP contribution < -0.4 is 0 Å². The third-order valence-corrected chi connectivity index (χ3v) is 1.35. The Balaban J connectivity index is 2.37. The zero-order chi connectivity index (χ0) is 10.3. The Morgan fingerprint density at radius 3 is 2.00 bits per heavy atom. The Morgan fingerprint density at radius 2 is 1.69 bits per heavy atom. The summed E-state index contributed by atoms with van der Waals surface area (Å²) in [6, 6.07) is 0. The van der Waals surface area contributed by atoms with Crippen LogP contribution in [0.5, 0.6) is 0 Å². The van der Waals surface area contributed by atoms with E-state index in [1.807, 2.05) is 0 Å². The largest absolute Gasteiger partial charge is 0.397 e. The van der Waals surface area contributed by atoms with E-state index in [4.69, 9.17) is 0 Å². The van der Waals surface area contributed by atoms with Gasteiger partial charge in [0.2, 0.25) is 0 Å². The molecule has 1 aliphatic heterocycles. The van der Waals surface area contributed by atoms with E-state index >= 15 is 0 Å². The molecule has 0 amide bonds. The van der Waals surface area contributed by atoms with Gasteiger partial charge in [-0.05, 0) is 6.92 Å². The number of hydrogen-bond donors (Lipinski definition) is 0. The molecule has 2 nitrogen and oxygen atoms in total. The van der Waals surface area contributed by atoms with Gasteiger partial charge >= 0.3 is 12.3 Å². The molecule has 1 fully saturated rings. The van der Waals surface area contributed by atoms with E-state index in [-0.39, 0.29) is 0 Å². The van der Waals surface area contributed by atoms with Crippen molar-refractivity contribution in [2.24, 2.45) is 0 Å². The smallest absolute Gasteiger partial charge is 0.341 e. The maximum Gasteiger partial charge on any atom is 0.397 e. The van der Waals surface area contributed by atoms with Crippen molar-refractivity contribution in [2.45, 2.75) is 38.0 Å². The summed E-state index contributed by atoms with van der Waals surface area (Å²) in [5.41, 5.74) is 0. The molecule has 1 saturated heterocycles. The fourth-order valence-corrected chi connectivity index (χ4v) is 0.735. The predicted octanol–water partition coefficient (Wildman–Crippen LogP) is 2.29. The van der Waals surface area contributed by atoms with Crippen molar-refractivity contribution in [3.8, 4) is 0 Å². The minimum absolute atomic E-state index is 0.556. The van der Waals surface area contributed by atoms with E-state index in [2.05, 4.69) is 9.47 Å². The summed E-state index contributed by atoms with van der Waals surface area (Å²) in [5, 5.41) is 0. The highest BCUT2D eigenvalue weighted by Gasteiger charge is 2.50. The number of ether oxygens (including phenoxy) is 2. The van der Waals surface area contributed by atoms with Crippen molar-refractivity contribution in [3.05, 3.63) is 0 Å². The predicted molar refractivity (Wildman–Crippen MR) is 31.0 cm³/mol. The van der Waals surface area contributed by atoms with Gasteiger partial charge in [0.1, 0.15) is 12.5 Å². The third-order valence-electron chi connectivity index (χ3n) is 1.35. The van der Waals surface area contributed by atoms with Crippen LogP contribution in [-0.4, -0.2) is 24.7 Å². The van der Waals surface area contributed by atoms with Crippen LogP contribution in [0, 0.1) is 0 Å². The van der Waals surface area contributed by atoms with Gasteiger partial charge < -0.3 is 4.74 Å². The summed E-state index contributed by atoms with van der Waals surface area (Å²) >= 11 is 0. The Bertz CT molecular complexity index is 190. The molecule has 1 heterocycles. The molecule has 78 valence electrons. The van der Waals surface area contributed by atoms with E-state index < -0.39 is 31.1 Å². The summed E-state index contributed by atoms with van der Waals surface area (Å²) in [5.74, 6) is 0. The van der Waals surface area contributed by atoms with Gasteiger partial charge in [-0.15, -0.1) is 0 Å². The first-order valence-electron chi connectivity index (χ1n) is 3.47. The van der Waals surface area contributed by atoms with Crippen LogP contribution in [0.2, 0.25) is 0 Å². The zero-order valence-corrected chi connectivity index (χ0v) is 6.57. The molecule has 0 bridgehead atoms. The molecule has 7 heteroatoms. The lowest BCUT2D eigenvalue weighted by Gasteiger charge is -2.16. The number of halogens is 5. The first-order valence-corrected chi connectivity index (χ1v) is 3.47. The van der Waals surface area contributed by atoms with Crippen LogP contribution in [0.1, 0.15) is 13.3 Å². The highest BCUT2D eigenvalue weighted by molar-refractivity contribution is 4.73. The fraction of sp³-hybridized carbons (Fsp3) is 1.00. The molecule has 1 aliphatic rings. The van der Waals surface area contributed by atoms with Crippen molar-refractivity contribution in [3.63, 3.8) is 0 Å². The van der Waals surface area contributed by atoms with Gasteiger partial charge in [-0.25, -0.2) is 0 Å². The molecule has 0 saturated carbocycles. The fourth-order valence-electron chi connectivity index (χ4n) is 0.735. The second-order valence-corrected chi connectivity index (χ2v) is 2.76. The number of epoxide rings is 1. The van der Waals surface area contributed by atoms with Gasteiger partial charge in [-0.3, -0.25) is 4.74 Å². The molecule has 0 aromatic carbocycles.